The number of hydrogen-bond acceptors (Lipinski definition) is 5. The van der Waals surface area contributed by atoms with Crippen molar-refractivity contribution in [1.82, 2.24) is 4.90 Å². The third-order valence-corrected chi connectivity index (χ3v) is 2.07. The van der Waals surface area contributed by atoms with Crippen LogP contribution in [0.5, 0.6) is 17.2 Å². The van der Waals surface area contributed by atoms with Crippen LogP contribution in [0, 0.1) is 0 Å². The van der Waals surface area contributed by atoms with Gasteiger partial charge in [-0.2, -0.15) is 0 Å². The first-order valence-electron chi connectivity index (χ1n) is 5.11. The average molecular weight is 235 g/mol. The van der Waals surface area contributed by atoms with Crippen molar-refractivity contribution < 1.29 is 19.0 Å². The van der Waals surface area contributed by atoms with Crippen molar-refractivity contribution in [3.05, 3.63) is 30.5 Å². The Bertz CT molecular complexity index is 454. The molecule has 1 aliphatic rings. The molecule has 17 heavy (non-hydrogen) atoms. The van der Waals surface area contributed by atoms with Crippen molar-refractivity contribution in [2.75, 3.05) is 20.9 Å². The Balaban J connectivity index is 2.02. The number of carbonyl (C=O) groups is 1. The Labute approximate surface area is 99.2 Å². The van der Waals surface area contributed by atoms with Crippen LogP contribution in [0.2, 0.25) is 0 Å². The predicted molar refractivity (Wildman–Crippen MR) is 61.0 cm³/mol. The quantitative estimate of drug-likeness (QED) is 0.450. The largest absolute Gasteiger partial charge is 0.454 e. The molecule has 0 aromatic heterocycles. The molecule has 0 saturated heterocycles. The third kappa shape index (κ3) is 2.90. The highest BCUT2D eigenvalue weighted by Crippen LogP contribution is 2.35. The van der Waals surface area contributed by atoms with Crippen LogP contribution in [-0.4, -0.2) is 31.8 Å². The molecule has 0 N–H and O–H groups in total. The molecule has 1 aliphatic heterocycles. The third-order valence-electron chi connectivity index (χ3n) is 2.07. The van der Waals surface area contributed by atoms with Gasteiger partial charge in [-0.05, 0) is 12.1 Å². The minimum atomic E-state index is -0.433. The topological polar surface area (TPSA) is 48.0 Å². The van der Waals surface area contributed by atoms with Gasteiger partial charge in [0.1, 0.15) is 5.75 Å². The van der Waals surface area contributed by atoms with E-state index in [1.165, 1.54) is 6.08 Å². The van der Waals surface area contributed by atoms with Gasteiger partial charge in [0.15, 0.2) is 11.5 Å². The predicted octanol–water partition coefficient (Wildman–Crippen LogP) is 1.40. The van der Waals surface area contributed by atoms with Crippen LogP contribution in [0.25, 0.3) is 0 Å². The van der Waals surface area contributed by atoms with E-state index in [1.807, 2.05) is 14.1 Å². The zero-order valence-corrected chi connectivity index (χ0v) is 9.67. The summed E-state index contributed by atoms with van der Waals surface area (Å²) in [7, 11) is 3.65. The minimum Gasteiger partial charge on any atom is -0.454 e. The van der Waals surface area contributed by atoms with E-state index in [9.17, 15) is 4.79 Å². The normalized spacial score (nSPS) is 12.8. The van der Waals surface area contributed by atoms with E-state index in [1.54, 1.807) is 29.3 Å². The van der Waals surface area contributed by atoms with E-state index in [-0.39, 0.29) is 6.79 Å². The van der Waals surface area contributed by atoms with E-state index in [2.05, 4.69) is 0 Å². The number of carbonyl (C=O) groups excluding carboxylic acids is 1. The molecule has 0 radical (unpaired) electrons. The summed E-state index contributed by atoms with van der Waals surface area (Å²) >= 11 is 0. The smallest absolute Gasteiger partial charge is 0.337 e. The zero-order valence-electron chi connectivity index (χ0n) is 9.67. The van der Waals surface area contributed by atoms with Crippen molar-refractivity contribution >= 4 is 5.97 Å². The number of ether oxygens (including phenoxy) is 3. The fraction of sp³-hybridized carbons (Fsp3) is 0.250. The molecule has 0 fully saturated rings. The van der Waals surface area contributed by atoms with Gasteiger partial charge in [-0.3, -0.25) is 0 Å². The van der Waals surface area contributed by atoms with Crippen LogP contribution < -0.4 is 14.2 Å². The maximum atomic E-state index is 11.4. The van der Waals surface area contributed by atoms with Gasteiger partial charge in [0.2, 0.25) is 6.79 Å². The van der Waals surface area contributed by atoms with Crippen LogP contribution in [0.4, 0.5) is 0 Å². The van der Waals surface area contributed by atoms with Crippen LogP contribution in [0.3, 0.4) is 0 Å². The second-order valence-corrected chi connectivity index (χ2v) is 3.72. The van der Waals surface area contributed by atoms with Crippen molar-refractivity contribution in [3.8, 4) is 17.2 Å². The molecule has 0 saturated carbocycles. The summed E-state index contributed by atoms with van der Waals surface area (Å²) in [5, 5.41) is 0. The summed E-state index contributed by atoms with van der Waals surface area (Å²) in [6.07, 6.45) is 2.97. The lowest BCUT2D eigenvalue weighted by Gasteiger charge is -2.04. The lowest BCUT2D eigenvalue weighted by atomic mass is 10.3. The van der Waals surface area contributed by atoms with Gasteiger partial charge in [0.05, 0.1) is 0 Å². The lowest BCUT2D eigenvalue weighted by Crippen LogP contribution is -2.07. The molecule has 1 aromatic carbocycles. The molecule has 0 bridgehead atoms. The van der Waals surface area contributed by atoms with E-state index >= 15 is 0 Å². The number of fused-ring (bicyclic) bond motifs is 1. The van der Waals surface area contributed by atoms with Gasteiger partial charge in [-0.1, -0.05) is 0 Å². The van der Waals surface area contributed by atoms with Crippen molar-refractivity contribution in [2.24, 2.45) is 0 Å². The lowest BCUT2D eigenvalue weighted by molar-refractivity contribution is -0.129. The fourth-order valence-electron chi connectivity index (χ4n) is 1.30. The Kier molecular flexibility index (Phi) is 3.18. The molecule has 0 spiro atoms. The first kappa shape index (κ1) is 11.3. The maximum Gasteiger partial charge on any atom is 0.337 e. The Morgan fingerprint density at radius 3 is 2.88 bits per heavy atom. The van der Waals surface area contributed by atoms with Crippen LogP contribution >= 0.6 is 0 Å². The monoisotopic (exact) mass is 235 g/mol. The zero-order chi connectivity index (χ0) is 12.3. The molecule has 5 nitrogen and oxygen atoms in total. The highest BCUT2D eigenvalue weighted by atomic mass is 16.7. The standard InChI is InChI=1S/C12H13NO4/c1-13(2)6-5-12(14)17-9-3-4-10-11(7-9)16-8-15-10/h3-7H,8H2,1-2H3/b6-5+. The van der Waals surface area contributed by atoms with Crippen molar-refractivity contribution in [3.63, 3.8) is 0 Å². The Morgan fingerprint density at radius 2 is 2.12 bits per heavy atom. The summed E-state index contributed by atoms with van der Waals surface area (Å²) < 4.78 is 15.4. The Morgan fingerprint density at radius 1 is 1.35 bits per heavy atom. The second kappa shape index (κ2) is 4.78. The van der Waals surface area contributed by atoms with Gasteiger partial charge in [0, 0.05) is 32.4 Å². The number of nitrogens with zero attached hydrogens (tertiary/aromatic N) is 1. The molecule has 5 heteroatoms. The number of rotatable bonds is 3. The fourth-order valence-corrected chi connectivity index (χ4v) is 1.30. The van der Waals surface area contributed by atoms with Crippen molar-refractivity contribution in [2.45, 2.75) is 0 Å². The van der Waals surface area contributed by atoms with Gasteiger partial charge in [-0.25, -0.2) is 4.79 Å². The van der Waals surface area contributed by atoms with Crippen molar-refractivity contribution in [1.29, 1.82) is 0 Å². The summed E-state index contributed by atoms with van der Waals surface area (Å²) in [5.74, 6) is 1.25. The Hall–Kier alpha value is -2.17. The number of hydrogen-bond donors (Lipinski definition) is 0. The van der Waals surface area contributed by atoms with Gasteiger partial charge < -0.3 is 19.1 Å². The first-order valence-corrected chi connectivity index (χ1v) is 5.11. The molecular formula is C12H13NO4. The molecule has 1 heterocycles. The number of esters is 1. The summed E-state index contributed by atoms with van der Waals surface area (Å²) in [6.45, 7) is 0.202. The maximum absolute atomic E-state index is 11.4. The molecule has 0 amide bonds. The van der Waals surface area contributed by atoms with Crippen LogP contribution in [0.1, 0.15) is 0 Å². The molecule has 1 aromatic rings. The van der Waals surface area contributed by atoms with E-state index in [0.29, 0.717) is 17.2 Å². The van der Waals surface area contributed by atoms with Gasteiger partial charge in [0.25, 0.3) is 0 Å². The summed E-state index contributed by atoms with van der Waals surface area (Å²) in [4.78, 5) is 13.2. The van der Waals surface area contributed by atoms with Gasteiger partial charge in [-0.15, -0.1) is 0 Å². The van der Waals surface area contributed by atoms with Crippen LogP contribution in [0.15, 0.2) is 30.5 Å². The van der Waals surface area contributed by atoms with E-state index < -0.39 is 5.97 Å². The highest BCUT2D eigenvalue weighted by molar-refractivity contribution is 5.84. The minimum absolute atomic E-state index is 0.202. The van der Waals surface area contributed by atoms with Crippen LogP contribution in [-0.2, 0) is 4.79 Å². The average Bonchev–Trinajstić information content (AvgIpc) is 2.73. The molecule has 0 atom stereocenters. The molecule has 0 unspecified atom stereocenters. The number of benzene rings is 1. The summed E-state index contributed by atoms with van der Waals surface area (Å²) in [6, 6.07) is 5.00. The van der Waals surface area contributed by atoms with Gasteiger partial charge >= 0.3 is 5.97 Å². The molecule has 2 rings (SSSR count). The van der Waals surface area contributed by atoms with E-state index in [4.69, 9.17) is 14.2 Å². The molecule has 90 valence electrons. The molecular weight excluding hydrogens is 222 g/mol. The SMILES string of the molecule is CN(C)/C=C/C(=O)Oc1ccc2c(c1)OCO2. The second-order valence-electron chi connectivity index (χ2n) is 3.72. The van der Waals surface area contributed by atoms with E-state index in [0.717, 1.165) is 0 Å². The molecule has 0 aliphatic carbocycles. The first-order chi connectivity index (χ1) is 8.15. The highest BCUT2D eigenvalue weighted by Gasteiger charge is 2.14. The summed E-state index contributed by atoms with van der Waals surface area (Å²) in [5.41, 5.74) is 0.